The van der Waals surface area contributed by atoms with E-state index in [0.717, 1.165) is 25.7 Å². The summed E-state index contributed by atoms with van der Waals surface area (Å²) in [5, 5.41) is 2.66. The molecule has 0 bridgehead atoms. The number of aryl methyl sites for hydroxylation is 1. The van der Waals surface area contributed by atoms with Gasteiger partial charge in [-0.05, 0) is 30.5 Å². The predicted molar refractivity (Wildman–Crippen MR) is 104 cm³/mol. The van der Waals surface area contributed by atoms with E-state index in [9.17, 15) is 4.79 Å². The first-order chi connectivity index (χ1) is 12.2. The van der Waals surface area contributed by atoms with Crippen LogP contribution in [0.2, 0.25) is 0 Å². The fourth-order valence-corrected chi connectivity index (χ4v) is 4.80. The van der Waals surface area contributed by atoms with E-state index in [-0.39, 0.29) is 12.1 Å². The Morgan fingerprint density at radius 3 is 2.76 bits per heavy atom. The number of rotatable bonds is 3. The van der Waals surface area contributed by atoms with Gasteiger partial charge >= 0.3 is 0 Å². The van der Waals surface area contributed by atoms with Crippen molar-refractivity contribution < 1.29 is 0 Å². The predicted octanol–water partition coefficient (Wildman–Crippen LogP) is 4.19. The summed E-state index contributed by atoms with van der Waals surface area (Å²) in [5.41, 5.74) is 1.70. The van der Waals surface area contributed by atoms with Crippen LogP contribution in [0.4, 0.5) is 0 Å². The molecule has 0 spiro atoms. The minimum absolute atomic E-state index is 0.0949. The lowest BCUT2D eigenvalue weighted by Crippen LogP contribution is -2.23. The summed E-state index contributed by atoms with van der Waals surface area (Å²) < 4.78 is 1.57. The Bertz CT molecular complexity index is 1150. The molecule has 4 aromatic heterocycles. The molecule has 0 atom stereocenters. The zero-order valence-corrected chi connectivity index (χ0v) is 15.0. The van der Waals surface area contributed by atoms with Crippen molar-refractivity contribution in [3.05, 3.63) is 57.3 Å². The van der Waals surface area contributed by atoms with Crippen LogP contribution in [0.3, 0.4) is 0 Å². The minimum Gasteiger partial charge on any atom is -0.280 e. The molecule has 0 fully saturated rings. The molecule has 0 N–H and O–H groups in total. The maximum Gasteiger partial charge on any atom is 0.264 e. The van der Waals surface area contributed by atoms with E-state index in [1.165, 1.54) is 0 Å². The molecule has 0 radical (unpaired) electrons. The molecule has 25 heavy (non-hydrogen) atoms. The first kappa shape index (κ1) is 15.8. The van der Waals surface area contributed by atoms with Gasteiger partial charge < -0.3 is 0 Å². The second kappa shape index (κ2) is 6.28. The van der Waals surface area contributed by atoms with Crippen molar-refractivity contribution in [1.82, 2.24) is 14.5 Å². The quantitative estimate of drug-likeness (QED) is 0.513. The number of hydrogen-bond acceptors (Lipinski definition) is 5. The van der Waals surface area contributed by atoms with Crippen LogP contribution < -0.4 is 5.56 Å². The van der Waals surface area contributed by atoms with Crippen LogP contribution in [0, 0.1) is 19.3 Å². The van der Waals surface area contributed by atoms with Gasteiger partial charge in [0, 0.05) is 33.3 Å². The molecule has 4 rings (SSSR count). The molecule has 122 valence electrons. The van der Waals surface area contributed by atoms with E-state index in [4.69, 9.17) is 11.4 Å². The van der Waals surface area contributed by atoms with Gasteiger partial charge in [0.1, 0.15) is 10.7 Å². The average molecular weight is 363 g/mol. The third-order valence-corrected chi connectivity index (χ3v) is 5.83. The highest BCUT2D eigenvalue weighted by Gasteiger charge is 2.20. The molecule has 6 heteroatoms. The van der Waals surface area contributed by atoms with Gasteiger partial charge in [0.15, 0.2) is 0 Å². The first-order valence-corrected chi connectivity index (χ1v) is 9.32. The largest absolute Gasteiger partial charge is 0.280 e. The normalized spacial score (nSPS) is 10.9. The molecule has 0 aromatic carbocycles. The van der Waals surface area contributed by atoms with E-state index < -0.39 is 0 Å². The number of fused-ring (bicyclic) bond motifs is 1. The van der Waals surface area contributed by atoms with Gasteiger partial charge in [0.05, 0.1) is 11.9 Å². The van der Waals surface area contributed by atoms with Crippen molar-refractivity contribution in [1.29, 1.82) is 0 Å². The van der Waals surface area contributed by atoms with Gasteiger partial charge in [0.25, 0.3) is 5.56 Å². The first-order valence-electron chi connectivity index (χ1n) is 7.62. The van der Waals surface area contributed by atoms with E-state index in [1.807, 2.05) is 36.6 Å². The molecular formula is C19H13N3OS2. The molecule has 0 aliphatic rings. The Balaban J connectivity index is 2.10. The van der Waals surface area contributed by atoms with Crippen molar-refractivity contribution in [3.8, 4) is 34.2 Å². The average Bonchev–Trinajstić information content (AvgIpc) is 3.25. The van der Waals surface area contributed by atoms with E-state index in [1.54, 1.807) is 39.6 Å². The molecular weight excluding hydrogens is 350 g/mol. The molecule has 4 aromatic rings. The van der Waals surface area contributed by atoms with Crippen LogP contribution in [-0.4, -0.2) is 14.5 Å². The highest BCUT2D eigenvalue weighted by molar-refractivity contribution is 7.20. The monoisotopic (exact) mass is 363 g/mol. The molecule has 0 amide bonds. The molecule has 4 nitrogen and oxygen atoms in total. The van der Waals surface area contributed by atoms with Gasteiger partial charge in [-0.3, -0.25) is 14.3 Å². The lowest BCUT2D eigenvalue weighted by atomic mass is 10.1. The zero-order valence-electron chi connectivity index (χ0n) is 13.4. The van der Waals surface area contributed by atoms with Gasteiger partial charge in [-0.2, -0.15) is 0 Å². The number of aromatic nitrogens is 3. The summed E-state index contributed by atoms with van der Waals surface area (Å²) in [7, 11) is 0. The summed E-state index contributed by atoms with van der Waals surface area (Å²) in [6, 6.07) is 7.69. The molecule has 4 heterocycles. The summed E-state index contributed by atoms with van der Waals surface area (Å²) in [6.07, 6.45) is 8.88. The summed E-state index contributed by atoms with van der Waals surface area (Å²) in [5.74, 6) is 3.15. The van der Waals surface area contributed by atoms with E-state index in [2.05, 4.69) is 10.9 Å². The maximum absolute atomic E-state index is 13.3. The molecule has 0 aliphatic heterocycles. The van der Waals surface area contributed by atoms with Crippen molar-refractivity contribution in [2.24, 2.45) is 0 Å². The van der Waals surface area contributed by atoms with Gasteiger partial charge in [0.2, 0.25) is 0 Å². The van der Waals surface area contributed by atoms with E-state index in [0.29, 0.717) is 11.2 Å². The fourth-order valence-electron chi connectivity index (χ4n) is 2.87. The number of thiophene rings is 2. The molecule has 0 saturated heterocycles. The second-order valence-corrected chi connectivity index (χ2v) is 7.61. The van der Waals surface area contributed by atoms with Crippen LogP contribution in [0.15, 0.2) is 46.8 Å². The van der Waals surface area contributed by atoms with E-state index >= 15 is 0 Å². The van der Waals surface area contributed by atoms with Crippen LogP contribution >= 0.6 is 22.7 Å². The Kier molecular flexibility index (Phi) is 3.96. The maximum atomic E-state index is 13.3. The number of hydrogen-bond donors (Lipinski definition) is 0. The highest BCUT2D eigenvalue weighted by Crippen LogP contribution is 2.38. The Hall–Kier alpha value is -2.75. The van der Waals surface area contributed by atoms with Crippen molar-refractivity contribution >= 4 is 32.9 Å². The van der Waals surface area contributed by atoms with Crippen LogP contribution in [-0.2, 0) is 6.54 Å². The lowest BCUT2D eigenvalue weighted by Gasteiger charge is -2.10. The number of pyridine rings is 1. The summed E-state index contributed by atoms with van der Waals surface area (Å²) in [4.78, 5) is 25.0. The third-order valence-electron chi connectivity index (χ3n) is 3.94. The number of terminal acetylenes is 1. The Morgan fingerprint density at radius 1 is 1.28 bits per heavy atom. The third kappa shape index (κ3) is 2.58. The number of nitrogens with zero attached hydrogens (tertiary/aromatic N) is 3. The van der Waals surface area contributed by atoms with Crippen LogP contribution in [0.25, 0.3) is 32.0 Å². The topological polar surface area (TPSA) is 47.8 Å². The SMILES string of the molecule is C#CCn1c(-c2ccncc2)nc2sc(C)c(-c3cccs3)c2c1=O. The van der Waals surface area contributed by atoms with Crippen molar-refractivity contribution in [3.63, 3.8) is 0 Å². The standard InChI is InChI=1S/C19H13N3OS2/c1-3-10-22-17(13-6-8-20-9-7-13)21-18-16(19(22)23)15(12(2)25-18)14-5-4-11-24-14/h1,4-9,11H,10H2,2H3. The van der Waals surface area contributed by atoms with Crippen LogP contribution in [0.1, 0.15) is 4.88 Å². The summed E-state index contributed by atoms with van der Waals surface area (Å²) in [6.45, 7) is 2.21. The van der Waals surface area contributed by atoms with Gasteiger partial charge in [-0.15, -0.1) is 29.1 Å². The van der Waals surface area contributed by atoms with Crippen LogP contribution in [0.5, 0.6) is 0 Å². The highest BCUT2D eigenvalue weighted by atomic mass is 32.1. The van der Waals surface area contributed by atoms with Gasteiger partial charge in [-0.1, -0.05) is 12.0 Å². The smallest absolute Gasteiger partial charge is 0.264 e. The van der Waals surface area contributed by atoms with Gasteiger partial charge in [-0.25, -0.2) is 4.98 Å². The summed E-state index contributed by atoms with van der Waals surface area (Å²) >= 11 is 3.16. The van der Waals surface area contributed by atoms with Crippen molar-refractivity contribution in [2.45, 2.75) is 13.5 Å². The molecule has 0 unspecified atom stereocenters. The second-order valence-electron chi connectivity index (χ2n) is 5.46. The Morgan fingerprint density at radius 2 is 2.08 bits per heavy atom. The minimum atomic E-state index is -0.0949. The molecule has 0 saturated carbocycles. The van der Waals surface area contributed by atoms with Crippen molar-refractivity contribution in [2.75, 3.05) is 0 Å². The fraction of sp³-hybridized carbons (Fsp3) is 0.105. The Labute approximate surface area is 152 Å². The molecule has 0 aliphatic carbocycles. The lowest BCUT2D eigenvalue weighted by molar-refractivity contribution is 0.796. The zero-order chi connectivity index (χ0) is 17.4.